The van der Waals surface area contributed by atoms with Crippen LogP contribution in [0, 0.1) is 0 Å². The number of nitrogens with one attached hydrogen (secondary N) is 1. The summed E-state index contributed by atoms with van der Waals surface area (Å²) in [7, 11) is 0. The van der Waals surface area contributed by atoms with Crippen molar-refractivity contribution in [3.8, 4) is 11.6 Å². The van der Waals surface area contributed by atoms with Crippen LogP contribution in [0.15, 0.2) is 66.9 Å². The van der Waals surface area contributed by atoms with Gasteiger partial charge in [0.05, 0.1) is 5.56 Å². The van der Waals surface area contributed by atoms with Crippen molar-refractivity contribution in [2.45, 2.75) is 31.7 Å². The molecule has 29 heavy (non-hydrogen) atoms. The van der Waals surface area contributed by atoms with Gasteiger partial charge in [0.15, 0.2) is 0 Å². The lowest BCUT2D eigenvalue weighted by molar-refractivity contribution is 0.1000. The quantitative estimate of drug-likeness (QED) is 0.649. The first-order valence-corrected chi connectivity index (χ1v) is 10.0. The Morgan fingerprint density at radius 3 is 2.72 bits per heavy atom. The Labute approximate surface area is 170 Å². The Morgan fingerprint density at radius 1 is 1.10 bits per heavy atom. The molecular formula is C24H25N3O2. The van der Waals surface area contributed by atoms with E-state index >= 15 is 0 Å². The summed E-state index contributed by atoms with van der Waals surface area (Å²) in [6.07, 6.45) is 5.68. The Morgan fingerprint density at radius 2 is 1.97 bits per heavy atom. The molecule has 3 aromatic rings. The standard InChI is InChI=1S/C24H25N3O2/c25-24(28)20-8-11-23(27-16-20)29-22-10-7-18-14-21(9-6-19(18)15-22)26-13-12-17-4-2-1-3-5-17/h1-5,7-8,10-11,15-16,21,26H,6,9,12-14H2,(H2,25,28). The van der Waals surface area contributed by atoms with E-state index in [4.69, 9.17) is 10.5 Å². The first kappa shape index (κ1) is 19.2. The minimum absolute atomic E-state index is 0.369. The van der Waals surface area contributed by atoms with Crippen molar-refractivity contribution in [2.24, 2.45) is 5.73 Å². The van der Waals surface area contributed by atoms with Crippen molar-refractivity contribution >= 4 is 5.91 Å². The minimum atomic E-state index is -0.496. The van der Waals surface area contributed by atoms with Crippen LogP contribution in [0.4, 0.5) is 0 Å². The van der Waals surface area contributed by atoms with Gasteiger partial charge >= 0.3 is 0 Å². The van der Waals surface area contributed by atoms with Crippen molar-refractivity contribution in [3.63, 3.8) is 0 Å². The minimum Gasteiger partial charge on any atom is -0.439 e. The van der Waals surface area contributed by atoms with Gasteiger partial charge in [0.2, 0.25) is 11.8 Å². The second kappa shape index (κ2) is 8.88. The number of aryl methyl sites for hydroxylation is 1. The van der Waals surface area contributed by atoms with Gasteiger partial charge in [-0.05, 0) is 67.1 Å². The van der Waals surface area contributed by atoms with E-state index in [1.807, 2.05) is 6.07 Å². The lowest BCUT2D eigenvalue weighted by Gasteiger charge is -2.26. The second-order valence-electron chi connectivity index (χ2n) is 7.41. The lowest BCUT2D eigenvalue weighted by atomic mass is 9.88. The summed E-state index contributed by atoms with van der Waals surface area (Å²) in [6.45, 7) is 0.998. The first-order chi connectivity index (χ1) is 14.2. The van der Waals surface area contributed by atoms with Crippen molar-refractivity contribution in [1.29, 1.82) is 0 Å². The van der Waals surface area contributed by atoms with Gasteiger partial charge in [0.25, 0.3) is 0 Å². The molecule has 0 aliphatic heterocycles. The molecule has 5 nitrogen and oxygen atoms in total. The van der Waals surface area contributed by atoms with Gasteiger partial charge in [0.1, 0.15) is 5.75 Å². The van der Waals surface area contributed by atoms with E-state index in [9.17, 15) is 4.79 Å². The van der Waals surface area contributed by atoms with Crippen LogP contribution in [-0.4, -0.2) is 23.5 Å². The maximum Gasteiger partial charge on any atom is 0.250 e. The highest BCUT2D eigenvalue weighted by molar-refractivity contribution is 5.92. The predicted molar refractivity (Wildman–Crippen MR) is 113 cm³/mol. The Balaban J connectivity index is 1.32. The third kappa shape index (κ3) is 5.00. The number of aromatic nitrogens is 1. The fourth-order valence-corrected chi connectivity index (χ4v) is 3.74. The smallest absolute Gasteiger partial charge is 0.250 e. The van der Waals surface area contributed by atoms with Crippen LogP contribution in [0.25, 0.3) is 0 Å². The molecule has 0 radical (unpaired) electrons. The SMILES string of the molecule is NC(=O)c1ccc(Oc2ccc3c(c2)CCC(NCCc2ccccc2)C3)nc1. The average Bonchev–Trinajstić information content (AvgIpc) is 2.75. The molecule has 0 saturated heterocycles. The number of rotatable bonds is 7. The summed E-state index contributed by atoms with van der Waals surface area (Å²) in [6, 6.07) is 20.6. The Bertz CT molecular complexity index is 971. The number of fused-ring (bicyclic) bond motifs is 1. The molecule has 0 spiro atoms. The maximum absolute atomic E-state index is 11.1. The van der Waals surface area contributed by atoms with E-state index in [0.717, 1.165) is 38.0 Å². The predicted octanol–water partition coefficient (Wildman–Crippen LogP) is 3.66. The molecule has 0 fully saturated rings. The number of amides is 1. The van der Waals surface area contributed by atoms with Crippen LogP contribution in [0.1, 0.15) is 33.5 Å². The molecule has 3 N–H and O–H groups in total. The maximum atomic E-state index is 11.1. The fourth-order valence-electron chi connectivity index (χ4n) is 3.74. The van der Waals surface area contributed by atoms with Crippen molar-refractivity contribution in [2.75, 3.05) is 6.54 Å². The summed E-state index contributed by atoms with van der Waals surface area (Å²) in [5.74, 6) is 0.717. The van der Waals surface area contributed by atoms with Crippen LogP contribution in [0.5, 0.6) is 11.6 Å². The molecule has 148 valence electrons. The van der Waals surface area contributed by atoms with Crippen LogP contribution >= 0.6 is 0 Å². The number of carbonyl (C=O) groups excluding carboxylic acids is 1. The Kier molecular flexibility index (Phi) is 5.86. The van der Waals surface area contributed by atoms with Gasteiger partial charge in [-0.1, -0.05) is 36.4 Å². The van der Waals surface area contributed by atoms with E-state index < -0.39 is 5.91 Å². The zero-order chi connectivity index (χ0) is 20.1. The highest BCUT2D eigenvalue weighted by Crippen LogP contribution is 2.28. The molecule has 4 rings (SSSR count). The van der Waals surface area contributed by atoms with Gasteiger partial charge in [-0.2, -0.15) is 0 Å². The van der Waals surface area contributed by atoms with E-state index in [1.54, 1.807) is 12.1 Å². The number of benzene rings is 2. The molecule has 5 heteroatoms. The number of nitrogens with two attached hydrogens (primary N) is 1. The number of ether oxygens (including phenoxy) is 1. The van der Waals surface area contributed by atoms with Gasteiger partial charge in [0, 0.05) is 18.3 Å². The van der Waals surface area contributed by atoms with Gasteiger partial charge in [-0.15, -0.1) is 0 Å². The highest BCUT2D eigenvalue weighted by atomic mass is 16.5. The number of nitrogens with zero attached hydrogens (tertiary/aromatic N) is 1. The zero-order valence-corrected chi connectivity index (χ0v) is 16.3. The monoisotopic (exact) mass is 387 g/mol. The highest BCUT2D eigenvalue weighted by Gasteiger charge is 2.18. The summed E-state index contributed by atoms with van der Waals surface area (Å²) in [5.41, 5.74) is 9.68. The number of primary amides is 1. The van der Waals surface area contributed by atoms with Crippen LogP contribution < -0.4 is 15.8 Å². The van der Waals surface area contributed by atoms with Crippen LogP contribution in [-0.2, 0) is 19.3 Å². The molecule has 1 amide bonds. The average molecular weight is 387 g/mol. The summed E-state index contributed by atoms with van der Waals surface area (Å²) < 4.78 is 5.84. The second-order valence-corrected chi connectivity index (χ2v) is 7.41. The molecule has 2 aromatic carbocycles. The van der Waals surface area contributed by atoms with E-state index in [-0.39, 0.29) is 0 Å². The summed E-state index contributed by atoms with van der Waals surface area (Å²) >= 11 is 0. The fraction of sp³-hybridized carbons (Fsp3) is 0.250. The van der Waals surface area contributed by atoms with Gasteiger partial charge < -0.3 is 15.8 Å². The van der Waals surface area contributed by atoms with Crippen LogP contribution in [0.3, 0.4) is 0 Å². The molecular weight excluding hydrogens is 362 g/mol. The van der Waals surface area contributed by atoms with Crippen molar-refractivity contribution < 1.29 is 9.53 Å². The third-order valence-electron chi connectivity index (χ3n) is 5.34. The summed E-state index contributed by atoms with van der Waals surface area (Å²) in [4.78, 5) is 15.3. The van der Waals surface area contributed by atoms with Crippen LogP contribution in [0.2, 0.25) is 0 Å². The van der Waals surface area contributed by atoms with Gasteiger partial charge in [-0.3, -0.25) is 4.79 Å². The molecule has 0 bridgehead atoms. The zero-order valence-electron chi connectivity index (χ0n) is 16.3. The molecule has 1 aliphatic carbocycles. The van der Waals surface area contributed by atoms with Crippen molar-refractivity contribution in [3.05, 3.63) is 89.1 Å². The molecule has 1 unspecified atom stereocenters. The molecule has 1 aromatic heterocycles. The topological polar surface area (TPSA) is 77.2 Å². The number of pyridine rings is 1. The molecule has 1 aliphatic rings. The number of hydrogen-bond donors (Lipinski definition) is 2. The lowest BCUT2D eigenvalue weighted by Crippen LogP contribution is -2.35. The van der Waals surface area contributed by atoms with Crippen molar-refractivity contribution in [1.82, 2.24) is 10.3 Å². The normalized spacial score (nSPS) is 15.5. The van der Waals surface area contributed by atoms with E-state index in [0.29, 0.717) is 17.5 Å². The number of hydrogen-bond acceptors (Lipinski definition) is 4. The largest absolute Gasteiger partial charge is 0.439 e. The van der Waals surface area contributed by atoms with E-state index in [1.165, 1.54) is 22.9 Å². The number of carbonyl (C=O) groups is 1. The van der Waals surface area contributed by atoms with E-state index in [2.05, 4.69) is 52.8 Å². The molecule has 0 saturated carbocycles. The van der Waals surface area contributed by atoms with Gasteiger partial charge in [-0.25, -0.2) is 4.98 Å². The Hall–Kier alpha value is -3.18. The third-order valence-corrected chi connectivity index (χ3v) is 5.34. The first-order valence-electron chi connectivity index (χ1n) is 10.0. The summed E-state index contributed by atoms with van der Waals surface area (Å²) in [5, 5.41) is 3.70. The molecule has 1 atom stereocenters. The molecule has 1 heterocycles.